The third kappa shape index (κ3) is 4.73. The smallest absolute Gasteiger partial charge is 0.297 e. The molecule has 0 aliphatic carbocycles. The zero-order valence-corrected chi connectivity index (χ0v) is 17.4. The number of nitrogens with one attached hydrogen (secondary N) is 1. The molecule has 0 saturated carbocycles. The van der Waals surface area contributed by atoms with E-state index in [2.05, 4.69) is 30.6 Å². The van der Waals surface area contributed by atoms with Crippen LogP contribution >= 0.6 is 23.2 Å². The molecule has 31 heavy (non-hydrogen) atoms. The number of benzene rings is 2. The highest BCUT2D eigenvalue weighted by atomic mass is 35.5. The van der Waals surface area contributed by atoms with E-state index in [1.165, 1.54) is 6.21 Å². The van der Waals surface area contributed by atoms with Crippen LogP contribution in [0.25, 0.3) is 11.3 Å². The number of carbonyl (C=O) groups excluding carboxylic acids is 1. The van der Waals surface area contributed by atoms with Crippen LogP contribution in [0.2, 0.25) is 10.0 Å². The number of anilines is 1. The van der Waals surface area contributed by atoms with Gasteiger partial charge in [0.15, 0.2) is 0 Å². The molecule has 2 aromatic heterocycles. The number of carbonyl (C=O) groups is 1. The zero-order valence-electron chi connectivity index (χ0n) is 15.9. The second kappa shape index (κ2) is 8.99. The van der Waals surface area contributed by atoms with Crippen LogP contribution in [-0.2, 0) is 6.54 Å². The highest BCUT2D eigenvalue weighted by Gasteiger charge is 2.15. The Bertz CT molecular complexity index is 1250. The van der Waals surface area contributed by atoms with Crippen LogP contribution in [-0.4, -0.2) is 32.2 Å². The van der Waals surface area contributed by atoms with Crippen molar-refractivity contribution in [2.75, 3.05) is 5.73 Å². The highest BCUT2D eigenvalue weighted by molar-refractivity contribution is 6.35. The first-order valence-electron chi connectivity index (χ1n) is 8.99. The molecule has 0 aliphatic rings. The molecule has 4 aromatic rings. The molecule has 0 aliphatic heterocycles. The molecule has 0 unspecified atom stereocenters. The van der Waals surface area contributed by atoms with Crippen molar-refractivity contribution in [1.82, 2.24) is 25.5 Å². The van der Waals surface area contributed by atoms with Gasteiger partial charge in [-0.25, -0.2) is 10.1 Å². The van der Waals surface area contributed by atoms with Gasteiger partial charge in [-0.3, -0.25) is 9.48 Å². The van der Waals surface area contributed by atoms with Crippen molar-refractivity contribution >= 4 is 41.1 Å². The molecule has 3 N–H and O–H groups in total. The van der Waals surface area contributed by atoms with Gasteiger partial charge in [-0.15, -0.1) is 0 Å². The summed E-state index contributed by atoms with van der Waals surface area (Å²) >= 11 is 12.3. The number of nitrogens with zero attached hydrogens (tertiary/aromatic N) is 5. The number of rotatable bonds is 6. The Morgan fingerprint density at radius 3 is 2.71 bits per heavy atom. The number of nitrogen functional groups attached to an aromatic ring is 1. The number of hydrogen-bond acceptors (Lipinski definition) is 7. The summed E-state index contributed by atoms with van der Waals surface area (Å²) in [6.45, 7) is 0.428. The third-order valence-corrected chi connectivity index (χ3v) is 4.87. The van der Waals surface area contributed by atoms with Gasteiger partial charge in [-0.05, 0) is 28.0 Å². The lowest BCUT2D eigenvalue weighted by Crippen LogP contribution is -2.19. The van der Waals surface area contributed by atoms with E-state index < -0.39 is 5.91 Å². The topological polar surface area (TPSA) is 124 Å². The molecule has 0 saturated heterocycles. The third-order valence-electron chi connectivity index (χ3n) is 4.28. The first kappa shape index (κ1) is 20.6. The lowest BCUT2D eigenvalue weighted by Gasteiger charge is -2.05. The number of hydrazone groups is 1. The Hall–Kier alpha value is -3.69. The van der Waals surface area contributed by atoms with Gasteiger partial charge in [-0.1, -0.05) is 59.6 Å². The fourth-order valence-electron chi connectivity index (χ4n) is 2.82. The van der Waals surface area contributed by atoms with Crippen LogP contribution in [0.4, 0.5) is 5.82 Å². The summed E-state index contributed by atoms with van der Waals surface area (Å²) in [4.78, 5) is 12.1. The van der Waals surface area contributed by atoms with Crippen LogP contribution in [0.5, 0.6) is 0 Å². The standard InChI is InChI=1S/C20H15Cl2N7O2/c21-15-7-6-13(16(22)8-15)10-29-11-14(17(26-29)12-4-2-1-3-5-12)9-24-25-20(30)18-19(23)28-31-27-18/h1-9,11H,10H2,(H2,23,28)(H,25,30)/b24-9+. The average molecular weight is 456 g/mol. The van der Waals surface area contributed by atoms with E-state index in [1.54, 1.807) is 23.0 Å². The van der Waals surface area contributed by atoms with E-state index in [0.717, 1.165) is 11.1 Å². The Balaban J connectivity index is 1.61. The molecular formula is C20H15Cl2N7O2. The molecule has 0 bridgehead atoms. The Labute approximate surface area is 186 Å². The van der Waals surface area contributed by atoms with E-state index in [-0.39, 0.29) is 11.5 Å². The Morgan fingerprint density at radius 1 is 1.19 bits per heavy atom. The summed E-state index contributed by atoms with van der Waals surface area (Å²) in [6, 6.07) is 14.9. The molecule has 0 atom stereocenters. The zero-order chi connectivity index (χ0) is 21.8. The summed E-state index contributed by atoms with van der Waals surface area (Å²) in [5, 5.41) is 16.6. The molecule has 2 aromatic carbocycles. The van der Waals surface area contributed by atoms with Crippen molar-refractivity contribution < 1.29 is 9.42 Å². The van der Waals surface area contributed by atoms with E-state index >= 15 is 0 Å². The van der Waals surface area contributed by atoms with Crippen LogP contribution in [0.1, 0.15) is 21.6 Å². The van der Waals surface area contributed by atoms with Gasteiger partial charge >= 0.3 is 0 Å². The lowest BCUT2D eigenvalue weighted by molar-refractivity contribution is 0.0946. The van der Waals surface area contributed by atoms with Gasteiger partial charge < -0.3 is 5.73 Å². The summed E-state index contributed by atoms with van der Waals surface area (Å²) in [7, 11) is 0. The molecule has 9 nitrogen and oxygen atoms in total. The van der Waals surface area contributed by atoms with Gasteiger partial charge in [0.2, 0.25) is 11.5 Å². The summed E-state index contributed by atoms with van der Waals surface area (Å²) in [6.07, 6.45) is 3.28. The number of hydrogen-bond donors (Lipinski definition) is 2. The molecule has 0 radical (unpaired) electrons. The van der Waals surface area contributed by atoms with Crippen molar-refractivity contribution in [3.05, 3.63) is 81.6 Å². The molecule has 2 heterocycles. The molecule has 4 rings (SSSR count). The molecule has 0 spiro atoms. The van der Waals surface area contributed by atoms with Crippen molar-refractivity contribution in [1.29, 1.82) is 0 Å². The first-order valence-corrected chi connectivity index (χ1v) is 9.75. The maximum absolute atomic E-state index is 12.1. The Morgan fingerprint density at radius 2 is 2.00 bits per heavy atom. The fourth-order valence-corrected chi connectivity index (χ4v) is 3.29. The minimum Gasteiger partial charge on any atom is -0.379 e. The average Bonchev–Trinajstić information content (AvgIpc) is 3.37. The molecular weight excluding hydrogens is 441 g/mol. The van der Waals surface area contributed by atoms with Crippen molar-refractivity contribution in [3.63, 3.8) is 0 Å². The van der Waals surface area contributed by atoms with E-state index in [4.69, 9.17) is 28.9 Å². The van der Waals surface area contributed by atoms with Gasteiger partial charge in [0.25, 0.3) is 5.91 Å². The summed E-state index contributed by atoms with van der Waals surface area (Å²) in [5.74, 6) is -0.762. The van der Waals surface area contributed by atoms with E-state index in [9.17, 15) is 4.79 Å². The van der Waals surface area contributed by atoms with Crippen LogP contribution in [0, 0.1) is 0 Å². The minimum absolute atomic E-state index is 0.120. The second-order valence-electron chi connectivity index (χ2n) is 6.43. The van der Waals surface area contributed by atoms with Gasteiger partial charge in [-0.2, -0.15) is 10.2 Å². The quantitative estimate of drug-likeness (QED) is 0.337. The predicted molar refractivity (Wildman–Crippen MR) is 117 cm³/mol. The van der Waals surface area contributed by atoms with Crippen molar-refractivity contribution in [2.24, 2.45) is 5.10 Å². The fraction of sp³-hybridized carbons (Fsp3) is 0.0500. The molecule has 11 heteroatoms. The number of aromatic nitrogens is 4. The highest BCUT2D eigenvalue weighted by Crippen LogP contribution is 2.24. The maximum atomic E-state index is 12.1. The van der Waals surface area contributed by atoms with E-state index in [0.29, 0.717) is 27.8 Å². The molecule has 0 fully saturated rings. The maximum Gasteiger partial charge on any atom is 0.297 e. The Kier molecular flexibility index (Phi) is 5.96. The first-order chi connectivity index (χ1) is 15.0. The van der Waals surface area contributed by atoms with Crippen LogP contribution < -0.4 is 11.2 Å². The van der Waals surface area contributed by atoms with Crippen molar-refractivity contribution in [3.8, 4) is 11.3 Å². The van der Waals surface area contributed by atoms with Gasteiger partial charge in [0.1, 0.15) is 5.69 Å². The molecule has 156 valence electrons. The van der Waals surface area contributed by atoms with Crippen LogP contribution in [0.15, 0.2) is 64.5 Å². The number of nitrogens with two attached hydrogens (primary N) is 1. The SMILES string of the molecule is Nc1nonc1C(=O)N/N=C/c1cn(Cc2ccc(Cl)cc2Cl)nc1-c1ccccc1. The predicted octanol–water partition coefficient (Wildman–Crippen LogP) is 3.63. The second-order valence-corrected chi connectivity index (χ2v) is 7.27. The number of halogens is 2. The largest absolute Gasteiger partial charge is 0.379 e. The van der Waals surface area contributed by atoms with Crippen molar-refractivity contribution in [2.45, 2.75) is 6.54 Å². The number of amides is 1. The minimum atomic E-state index is -0.642. The normalized spacial score (nSPS) is 11.2. The lowest BCUT2D eigenvalue weighted by atomic mass is 10.1. The monoisotopic (exact) mass is 455 g/mol. The van der Waals surface area contributed by atoms with Gasteiger partial charge in [0, 0.05) is 27.4 Å². The summed E-state index contributed by atoms with van der Waals surface area (Å²) in [5.41, 5.74) is 10.8. The van der Waals surface area contributed by atoms with Gasteiger partial charge in [0.05, 0.1) is 12.8 Å². The van der Waals surface area contributed by atoms with E-state index in [1.807, 2.05) is 36.4 Å². The van der Waals surface area contributed by atoms with Crippen LogP contribution in [0.3, 0.4) is 0 Å². The summed E-state index contributed by atoms with van der Waals surface area (Å²) < 4.78 is 6.15. The molecule has 1 amide bonds.